The maximum atomic E-state index is 13.1. The van der Waals surface area contributed by atoms with Crippen LogP contribution in [0.5, 0.6) is 0 Å². The van der Waals surface area contributed by atoms with E-state index in [1.807, 2.05) is 0 Å². The molecule has 0 spiro atoms. The first kappa shape index (κ1) is 26.3. The number of piperidine rings is 1. The minimum atomic E-state index is -2.74. The molecule has 12 nitrogen and oxygen atoms in total. The van der Waals surface area contributed by atoms with E-state index in [0.29, 0.717) is 24.2 Å². The number of carbonyl (C=O) groups is 4. The normalized spacial score (nSPS) is 38.3. The first-order chi connectivity index (χ1) is 16.7. The number of hydrogen-bond donors (Lipinski definition) is 6. The third-order valence-corrected chi connectivity index (χ3v) is 8.79. The average Bonchev–Trinajstić information content (AvgIpc) is 3.39. The summed E-state index contributed by atoms with van der Waals surface area (Å²) in [4.78, 5) is 45.4. The molecule has 6 fully saturated rings. The van der Waals surface area contributed by atoms with Crippen LogP contribution >= 0.6 is 0 Å². The van der Waals surface area contributed by atoms with E-state index in [0.717, 1.165) is 38.5 Å². The van der Waals surface area contributed by atoms with Crippen LogP contribution in [0.4, 0.5) is 0 Å². The van der Waals surface area contributed by atoms with Gasteiger partial charge in [0.15, 0.2) is 5.60 Å². The predicted molar refractivity (Wildman–Crippen MR) is 120 cm³/mol. The van der Waals surface area contributed by atoms with Gasteiger partial charge in [0.2, 0.25) is 5.91 Å². The van der Waals surface area contributed by atoms with E-state index in [-0.39, 0.29) is 23.4 Å². The first-order valence-corrected chi connectivity index (χ1v) is 12.3. The van der Waals surface area contributed by atoms with Crippen molar-refractivity contribution >= 4 is 23.8 Å². The van der Waals surface area contributed by atoms with Gasteiger partial charge in [-0.1, -0.05) is 0 Å². The average molecular weight is 508 g/mol. The van der Waals surface area contributed by atoms with Crippen molar-refractivity contribution in [1.29, 1.82) is 5.26 Å². The number of likely N-dealkylation sites (tertiary alicyclic amines) is 1. The van der Waals surface area contributed by atoms with E-state index in [1.54, 1.807) is 4.90 Å². The van der Waals surface area contributed by atoms with Crippen molar-refractivity contribution < 1.29 is 44.7 Å². The van der Waals surface area contributed by atoms with Gasteiger partial charge in [-0.3, -0.25) is 14.4 Å². The molecule has 5 aliphatic carbocycles. The van der Waals surface area contributed by atoms with Crippen LogP contribution in [-0.4, -0.2) is 83.6 Å². The Morgan fingerprint density at radius 3 is 2.00 bits per heavy atom. The maximum absolute atomic E-state index is 13.1. The molecule has 12 heteroatoms. The number of rotatable bonds is 7. The minimum Gasteiger partial charge on any atom is -0.481 e. The van der Waals surface area contributed by atoms with Crippen LogP contribution < -0.4 is 5.73 Å². The highest BCUT2D eigenvalue weighted by Gasteiger charge is 2.62. The number of carboxylic acid groups (broad SMARTS) is 3. The zero-order valence-corrected chi connectivity index (χ0v) is 19.9. The monoisotopic (exact) mass is 507 g/mol. The van der Waals surface area contributed by atoms with Crippen molar-refractivity contribution in [2.45, 2.75) is 93.5 Å². The summed E-state index contributed by atoms with van der Waals surface area (Å²) in [5, 5.41) is 54.1. The summed E-state index contributed by atoms with van der Waals surface area (Å²) in [6.07, 6.45) is 5.20. The molecule has 36 heavy (non-hydrogen) atoms. The molecule has 0 radical (unpaired) electrons. The third-order valence-electron chi connectivity index (χ3n) is 8.79. The summed E-state index contributed by atoms with van der Waals surface area (Å²) in [5.41, 5.74) is 2.98. The van der Waals surface area contributed by atoms with Gasteiger partial charge in [0.05, 0.1) is 30.6 Å². The van der Waals surface area contributed by atoms with Gasteiger partial charge >= 0.3 is 17.9 Å². The summed E-state index contributed by atoms with van der Waals surface area (Å²) in [7, 11) is 0. The van der Waals surface area contributed by atoms with Gasteiger partial charge in [0.25, 0.3) is 0 Å². The van der Waals surface area contributed by atoms with E-state index < -0.39 is 48.0 Å². The molecule has 0 aromatic heterocycles. The van der Waals surface area contributed by atoms with Crippen LogP contribution in [0.3, 0.4) is 0 Å². The van der Waals surface area contributed by atoms with E-state index in [1.165, 1.54) is 6.42 Å². The number of nitrogens with zero attached hydrogens (tertiary/aromatic N) is 2. The Bertz CT molecular complexity index is 977. The van der Waals surface area contributed by atoms with Gasteiger partial charge in [-0.15, -0.1) is 0 Å². The second kappa shape index (κ2) is 8.97. The second-order valence-electron chi connectivity index (χ2n) is 11.7. The highest BCUT2D eigenvalue weighted by Crippen LogP contribution is 2.63. The Balaban J connectivity index is 0.000000203. The van der Waals surface area contributed by atoms with Gasteiger partial charge < -0.3 is 36.2 Å². The quantitative estimate of drug-likeness (QED) is 0.267. The second-order valence-corrected chi connectivity index (χ2v) is 11.7. The molecule has 6 rings (SSSR count). The zero-order valence-electron chi connectivity index (χ0n) is 19.9. The summed E-state index contributed by atoms with van der Waals surface area (Å²) in [5.74, 6) is -3.46. The molecule has 1 amide bonds. The van der Waals surface area contributed by atoms with Crippen LogP contribution in [-0.2, 0) is 19.2 Å². The largest absolute Gasteiger partial charge is 0.481 e. The smallest absolute Gasteiger partial charge is 0.336 e. The number of aliphatic carboxylic acids is 3. The lowest BCUT2D eigenvalue weighted by molar-refractivity contribution is -0.177. The Hall–Kier alpha value is -2.75. The highest BCUT2D eigenvalue weighted by atomic mass is 16.4. The Labute approximate surface area is 207 Å². The minimum absolute atomic E-state index is 0.0212. The van der Waals surface area contributed by atoms with E-state index >= 15 is 0 Å². The van der Waals surface area contributed by atoms with E-state index in [4.69, 9.17) is 26.2 Å². The third kappa shape index (κ3) is 4.79. The molecule has 2 unspecified atom stereocenters. The van der Waals surface area contributed by atoms with Crippen LogP contribution in [0, 0.1) is 34.5 Å². The van der Waals surface area contributed by atoms with Crippen molar-refractivity contribution in [1.82, 2.24) is 4.90 Å². The number of nitrogens with two attached hydrogens (primary N) is 1. The molecule has 5 saturated carbocycles. The van der Waals surface area contributed by atoms with Gasteiger partial charge in [-0.25, -0.2) is 4.79 Å². The number of aliphatic hydroxyl groups is 2. The number of amides is 1. The summed E-state index contributed by atoms with van der Waals surface area (Å²) in [6, 6.07) is 1.72. The van der Waals surface area contributed by atoms with Crippen molar-refractivity contribution in [3.8, 4) is 6.07 Å². The highest BCUT2D eigenvalue weighted by molar-refractivity contribution is 5.88. The molecule has 1 heterocycles. The lowest BCUT2D eigenvalue weighted by atomic mass is 9.46. The van der Waals surface area contributed by atoms with Gasteiger partial charge in [-0.05, 0) is 74.5 Å². The van der Waals surface area contributed by atoms with Crippen molar-refractivity contribution in [2.75, 3.05) is 0 Å². The molecule has 0 aromatic rings. The fourth-order valence-corrected chi connectivity index (χ4v) is 7.67. The van der Waals surface area contributed by atoms with Gasteiger partial charge in [-0.2, -0.15) is 5.26 Å². The number of carbonyl (C=O) groups excluding carboxylic acids is 1. The standard InChI is InChI=1S/C18H25N3O2.C6H8O7/c19-8-13-2-12-3-14(12)21(13)16(22)15(20)17-4-10-1-11(5-17)7-18(23,6-10)9-17;7-3(8)1-6(13,5(11)12)2-4(9)10/h10-15,23H,1-7,9,20H2;13H,1-2H2,(H,7,8)(H,9,10)(H,11,12)/t10-,11+,12-,13+,14+,15-,17?,18?;/m1./s1. The lowest BCUT2D eigenvalue weighted by Crippen LogP contribution is -2.64. The molecule has 8 atom stereocenters. The SMILES string of the molecule is N#C[C@@H]1C[C@@H]2C[C@@H]2N1C(=O)[C@@H](N)C12C[C@@H]3C[C@@H](CC(O)(C3)C1)C2.O=C(O)CC(O)(CC(=O)O)C(=O)O. The summed E-state index contributed by atoms with van der Waals surface area (Å²) >= 11 is 0. The summed E-state index contributed by atoms with van der Waals surface area (Å²) in [6.45, 7) is 0. The number of fused-ring (bicyclic) bond motifs is 1. The van der Waals surface area contributed by atoms with Crippen molar-refractivity contribution in [3.63, 3.8) is 0 Å². The molecular formula is C24H33N3O9. The molecule has 198 valence electrons. The molecule has 4 bridgehead atoms. The van der Waals surface area contributed by atoms with Crippen LogP contribution in [0.15, 0.2) is 0 Å². The maximum Gasteiger partial charge on any atom is 0.336 e. The fourth-order valence-electron chi connectivity index (χ4n) is 7.67. The predicted octanol–water partition coefficient (Wildman–Crippen LogP) is -0.0905. The van der Waals surface area contributed by atoms with Crippen molar-refractivity contribution in [3.05, 3.63) is 0 Å². The van der Waals surface area contributed by atoms with Crippen molar-refractivity contribution in [2.24, 2.45) is 28.9 Å². The van der Waals surface area contributed by atoms with E-state index in [9.17, 15) is 29.5 Å². The molecule has 7 N–H and O–H groups in total. The van der Waals surface area contributed by atoms with Gasteiger partial charge in [0.1, 0.15) is 6.04 Å². The van der Waals surface area contributed by atoms with Gasteiger partial charge in [0, 0.05) is 6.04 Å². The Morgan fingerprint density at radius 1 is 1.00 bits per heavy atom. The number of carboxylic acids is 3. The van der Waals surface area contributed by atoms with Crippen LogP contribution in [0.2, 0.25) is 0 Å². The summed E-state index contributed by atoms with van der Waals surface area (Å²) < 4.78 is 0. The van der Waals surface area contributed by atoms with Crippen LogP contribution in [0.25, 0.3) is 0 Å². The molecular weight excluding hydrogens is 474 g/mol. The molecule has 0 aromatic carbocycles. The molecule has 1 saturated heterocycles. The molecule has 6 aliphatic rings. The fraction of sp³-hybridized carbons (Fsp3) is 0.792. The lowest BCUT2D eigenvalue weighted by Gasteiger charge is -2.61. The topological polar surface area (TPSA) is 222 Å². The number of hydrogen-bond acceptors (Lipinski definition) is 8. The Morgan fingerprint density at radius 2 is 1.56 bits per heavy atom. The number of nitriles is 1. The molecule has 1 aliphatic heterocycles. The zero-order chi connectivity index (χ0) is 26.6. The first-order valence-electron chi connectivity index (χ1n) is 12.3. The van der Waals surface area contributed by atoms with E-state index in [2.05, 4.69) is 6.07 Å². The Kier molecular flexibility index (Phi) is 6.56. The van der Waals surface area contributed by atoms with Crippen LogP contribution in [0.1, 0.15) is 64.2 Å².